The van der Waals surface area contributed by atoms with Crippen molar-refractivity contribution in [3.8, 4) is 0 Å². The first-order valence-corrected chi connectivity index (χ1v) is 8.09. The maximum atomic E-state index is 6.15. The molecule has 1 atom stereocenters. The van der Waals surface area contributed by atoms with Gasteiger partial charge in [-0.2, -0.15) is 0 Å². The van der Waals surface area contributed by atoms with Crippen LogP contribution in [-0.4, -0.2) is 0 Å². The second-order valence-corrected chi connectivity index (χ2v) is 6.84. The van der Waals surface area contributed by atoms with Crippen molar-refractivity contribution < 1.29 is 0 Å². The fourth-order valence-electron chi connectivity index (χ4n) is 2.71. The summed E-state index contributed by atoms with van der Waals surface area (Å²) in [4.78, 5) is 1.46. The van der Waals surface area contributed by atoms with Crippen molar-refractivity contribution in [2.45, 2.75) is 38.6 Å². The molecule has 1 heterocycles. The molecule has 0 radical (unpaired) electrons. The molecule has 0 aliphatic heterocycles. The molecular weight excluding hydrogens is 274 g/mol. The van der Waals surface area contributed by atoms with Crippen LogP contribution in [0.15, 0.2) is 30.3 Å². The second-order valence-electron chi connectivity index (χ2n) is 5.07. The predicted octanol–water partition coefficient (Wildman–Crippen LogP) is 5.45. The Bertz CT molecular complexity index is 559. The average Bonchev–Trinajstić information content (AvgIpc) is 2.81. The van der Waals surface area contributed by atoms with E-state index < -0.39 is 0 Å². The smallest absolute Gasteiger partial charge is 0.0934 e. The third-order valence-electron chi connectivity index (χ3n) is 3.79. The van der Waals surface area contributed by atoms with Gasteiger partial charge in [-0.05, 0) is 55.0 Å². The molecule has 0 amide bonds. The van der Waals surface area contributed by atoms with Crippen molar-refractivity contribution in [1.29, 1.82) is 0 Å². The molecule has 100 valence electrons. The molecular formula is C16H18ClNS. The van der Waals surface area contributed by atoms with Crippen LogP contribution in [0.2, 0.25) is 4.34 Å². The summed E-state index contributed by atoms with van der Waals surface area (Å²) in [6, 6.07) is 11.3. The van der Waals surface area contributed by atoms with Crippen molar-refractivity contribution in [2.24, 2.45) is 0 Å². The fraction of sp³-hybridized carbons (Fsp3) is 0.375. The Morgan fingerprint density at radius 2 is 2.11 bits per heavy atom. The van der Waals surface area contributed by atoms with E-state index >= 15 is 0 Å². The summed E-state index contributed by atoms with van der Waals surface area (Å²) >= 11 is 7.89. The third-order valence-corrected chi connectivity index (χ3v) is 5.13. The van der Waals surface area contributed by atoms with Gasteiger partial charge in [0.15, 0.2) is 0 Å². The molecule has 3 heteroatoms. The average molecular weight is 292 g/mol. The molecule has 1 aliphatic carbocycles. The predicted molar refractivity (Wildman–Crippen MR) is 84.5 cm³/mol. The standard InChI is InChI=1S/C16H18ClNS/c1-2-11-6-8-12(9-7-11)18-14-4-3-5-15-13(14)10-16(17)19-15/h6-10,14,18H,2-5H2,1H3. The Morgan fingerprint density at radius 1 is 1.32 bits per heavy atom. The fourth-order valence-corrected chi connectivity index (χ4v) is 4.09. The van der Waals surface area contributed by atoms with Crippen molar-refractivity contribution in [2.75, 3.05) is 5.32 Å². The number of fused-ring (bicyclic) bond motifs is 1. The van der Waals surface area contributed by atoms with Crippen LogP contribution in [0.1, 0.15) is 41.8 Å². The zero-order valence-corrected chi connectivity index (χ0v) is 12.7. The normalized spacial score (nSPS) is 18.1. The molecule has 3 rings (SSSR count). The quantitative estimate of drug-likeness (QED) is 0.792. The number of rotatable bonds is 3. The first-order valence-electron chi connectivity index (χ1n) is 6.90. The van der Waals surface area contributed by atoms with Crippen LogP contribution in [0.25, 0.3) is 0 Å². The van der Waals surface area contributed by atoms with E-state index in [0.29, 0.717) is 6.04 Å². The van der Waals surface area contributed by atoms with Crippen molar-refractivity contribution >= 4 is 28.6 Å². The van der Waals surface area contributed by atoms with E-state index in [1.165, 1.54) is 41.0 Å². The van der Waals surface area contributed by atoms with Gasteiger partial charge < -0.3 is 5.32 Å². The minimum Gasteiger partial charge on any atom is -0.378 e. The minimum absolute atomic E-state index is 0.417. The van der Waals surface area contributed by atoms with Crippen molar-refractivity contribution in [1.82, 2.24) is 0 Å². The van der Waals surface area contributed by atoms with Gasteiger partial charge in [0, 0.05) is 10.6 Å². The molecule has 1 nitrogen and oxygen atoms in total. The number of nitrogens with one attached hydrogen (secondary N) is 1. The first-order chi connectivity index (χ1) is 9.26. The number of benzene rings is 1. The number of halogens is 1. The van der Waals surface area contributed by atoms with E-state index in [2.05, 4.69) is 42.6 Å². The molecule has 2 aromatic rings. The van der Waals surface area contributed by atoms with Crippen LogP contribution < -0.4 is 5.32 Å². The van der Waals surface area contributed by atoms with Crippen molar-refractivity contribution in [3.05, 3.63) is 50.7 Å². The van der Waals surface area contributed by atoms with Crippen LogP contribution in [-0.2, 0) is 12.8 Å². The maximum Gasteiger partial charge on any atom is 0.0934 e. The third kappa shape index (κ3) is 2.80. The number of hydrogen-bond acceptors (Lipinski definition) is 2. The lowest BCUT2D eigenvalue weighted by Crippen LogP contribution is -2.15. The van der Waals surface area contributed by atoms with Crippen LogP contribution in [0.5, 0.6) is 0 Å². The number of aryl methyl sites for hydroxylation is 2. The molecule has 0 saturated heterocycles. The first kappa shape index (κ1) is 13.0. The SMILES string of the molecule is CCc1ccc(NC2CCCc3sc(Cl)cc32)cc1. The molecule has 1 aromatic carbocycles. The zero-order chi connectivity index (χ0) is 13.2. The Morgan fingerprint density at radius 3 is 2.84 bits per heavy atom. The van der Waals surface area contributed by atoms with Gasteiger partial charge in [-0.25, -0.2) is 0 Å². The Hall–Kier alpha value is -0.990. The molecule has 19 heavy (non-hydrogen) atoms. The van der Waals surface area contributed by atoms with E-state index in [4.69, 9.17) is 11.6 Å². The summed E-state index contributed by atoms with van der Waals surface area (Å²) in [5.41, 5.74) is 3.99. The molecule has 0 fully saturated rings. The highest BCUT2D eigenvalue weighted by atomic mass is 35.5. The minimum atomic E-state index is 0.417. The zero-order valence-electron chi connectivity index (χ0n) is 11.1. The van der Waals surface area contributed by atoms with Crippen LogP contribution in [0.3, 0.4) is 0 Å². The second kappa shape index (κ2) is 5.56. The summed E-state index contributed by atoms with van der Waals surface area (Å²) in [6.07, 6.45) is 4.71. The molecule has 0 saturated carbocycles. The van der Waals surface area contributed by atoms with E-state index in [1.807, 2.05) is 0 Å². The van der Waals surface area contributed by atoms with Crippen LogP contribution >= 0.6 is 22.9 Å². The highest BCUT2D eigenvalue weighted by Gasteiger charge is 2.22. The van der Waals surface area contributed by atoms with E-state index in [-0.39, 0.29) is 0 Å². The molecule has 0 bridgehead atoms. The van der Waals surface area contributed by atoms with E-state index in [9.17, 15) is 0 Å². The van der Waals surface area contributed by atoms with Gasteiger partial charge in [0.1, 0.15) is 0 Å². The molecule has 1 unspecified atom stereocenters. The summed E-state index contributed by atoms with van der Waals surface area (Å²) in [5, 5.41) is 3.65. The van der Waals surface area contributed by atoms with Gasteiger partial charge in [-0.15, -0.1) is 11.3 Å². The number of anilines is 1. The summed E-state index contributed by atoms with van der Waals surface area (Å²) in [6.45, 7) is 2.18. The molecule has 1 aliphatic rings. The Balaban J connectivity index is 1.79. The Kier molecular flexibility index (Phi) is 3.81. The summed E-state index contributed by atoms with van der Waals surface area (Å²) in [5.74, 6) is 0. The summed E-state index contributed by atoms with van der Waals surface area (Å²) in [7, 11) is 0. The van der Waals surface area contributed by atoms with Gasteiger partial charge in [-0.1, -0.05) is 30.7 Å². The highest BCUT2D eigenvalue weighted by molar-refractivity contribution is 7.16. The Labute approximate surface area is 123 Å². The van der Waals surface area contributed by atoms with E-state index in [0.717, 1.165) is 10.8 Å². The molecule has 1 aromatic heterocycles. The van der Waals surface area contributed by atoms with Crippen LogP contribution in [0.4, 0.5) is 5.69 Å². The lowest BCUT2D eigenvalue weighted by molar-refractivity contribution is 0.609. The topological polar surface area (TPSA) is 12.0 Å². The highest BCUT2D eigenvalue weighted by Crippen LogP contribution is 2.39. The lowest BCUT2D eigenvalue weighted by Gasteiger charge is -2.24. The van der Waals surface area contributed by atoms with Gasteiger partial charge in [-0.3, -0.25) is 0 Å². The number of hydrogen-bond donors (Lipinski definition) is 1. The van der Waals surface area contributed by atoms with Gasteiger partial charge in [0.25, 0.3) is 0 Å². The summed E-state index contributed by atoms with van der Waals surface area (Å²) < 4.78 is 0.917. The van der Waals surface area contributed by atoms with Crippen LogP contribution in [0, 0.1) is 0 Å². The largest absolute Gasteiger partial charge is 0.378 e. The monoisotopic (exact) mass is 291 g/mol. The van der Waals surface area contributed by atoms with Gasteiger partial charge >= 0.3 is 0 Å². The number of thiophene rings is 1. The molecule has 0 spiro atoms. The maximum absolute atomic E-state index is 6.15. The van der Waals surface area contributed by atoms with Crippen molar-refractivity contribution in [3.63, 3.8) is 0 Å². The molecule has 1 N–H and O–H groups in total. The lowest BCUT2D eigenvalue weighted by atomic mass is 9.94. The van der Waals surface area contributed by atoms with Gasteiger partial charge in [0.05, 0.1) is 10.4 Å². The van der Waals surface area contributed by atoms with Gasteiger partial charge in [0.2, 0.25) is 0 Å². The van der Waals surface area contributed by atoms with E-state index in [1.54, 1.807) is 11.3 Å².